The van der Waals surface area contributed by atoms with Gasteiger partial charge in [-0.25, -0.2) is 0 Å². The second kappa shape index (κ2) is 9.03. The lowest BCUT2D eigenvalue weighted by Gasteiger charge is -2.32. The molecule has 2 rings (SSSR count). The summed E-state index contributed by atoms with van der Waals surface area (Å²) < 4.78 is 23.5. The number of carbonyl (C=O) groups is 1. The zero-order chi connectivity index (χ0) is 21.1. The van der Waals surface area contributed by atoms with Crippen molar-refractivity contribution in [1.29, 1.82) is 0 Å². The summed E-state index contributed by atoms with van der Waals surface area (Å²) in [6.07, 6.45) is 0.524. The molecule has 1 unspecified atom stereocenters. The fraction of sp³-hybridized carbons (Fsp3) is 0.650. The van der Waals surface area contributed by atoms with Crippen molar-refractivity contribution in [2.75, 3.05) is 20.3 Å². The molecular weight excluding hydrogens is 380 g/mol. The molecule has 1 fully saturated rings. The third kappa shape index (κ3) is 5.20. The second-order valence-corrected chi connectivity index (χ2v) is 8.74. The molecule has 6 nitrogen and oxygen atoms in total. The number of primary amides is 1. The lowest BCUT2D eigenvalue weighted by Crippen LogP contribution is -2.41. The van der Waals surface area contributed by atoms with Gasteiger partial charge in [-0.2, -0.15) is 0 Å². The molecule has 0 saturated carbocycles. The molecule has 1 saturated heterocycles. The molecule has 8 heteroatoms. The molecule has 0 bridgehead atoms. The number of aryl methyl sites for hydroxylation is 1. The molecule has 2 N–H and O–H groups in total. The van der Waals surface area contributed by atoms with E-state index < -0.39 is 30.1 Å². The molecular formula is C20H31BClNO5. The molecule has 1 aliphatic heterocycles. The summed E-state index contributed by atoms with van der Waals surface area (Å²) in [5.41, 5.74) is 5.61. The minimum Gasteiger partial charge on any atom is -0.493 e. The topological polar surface area (TPSA) is 80.0 Å². The van der Waals surface area contributed by atoms with Gasteiger partial charge in [0.05, 0.1) is 30.3 Å². The Bertz CT molecular complexity index is 681. The number of halogens is 1. The van der Waals surface area contributed by atoms with Gasteiger partial charge in [0.1, 0.15) is 5.75 Å². The van der Waals surface area contributed by atoms with E-state index in [2.05, 4.69) is 0 Å². The minimum absolute atomic E-state index is 0.198. The largest absolute Gasteiger partial charge is 0.493 e. The highest BCUT2D eigenvalue weighted by atomic mass is 35.5. The van der Waals surface area contributed by atoms with Gasteiger partial charge in [0, 0.05) is 17.9 Å². The number of amides is 1. The third-order valence-corrected chi connectivity index (χ3v) is 5.93. The Morgan fingerprint density at radius 3 is 2.36 bits per heavy atom. The number of methoxy groups -OCH3 is 1. The average molecular weight is 412 g/mol. The van der Waals surface area contributed by atoms with Crippen LogP contribution in [-0.2, 0) is 18.8 Å². The average Bonchev–Trinajstić information content (AvgIpc) is 2.79. The fourth-order valence-corrected chi connectivity index (χ4v) is 3.49. The predicted molar refractivity (Wildman–Crippen MR) is 111 cm³/mol. The fourth-order valence-electron chi connectivity index (χ4n) is 3.27. The van der Waals surface area contributed by atoms with Crippen LogP contribution >= 0.6 is 11.6 Å². The predicted octanol–water partition coefficient (Wildman–Crippen LogP) is 3.63. The maximum atomic E-state index is 12.1. The molecule has 0 aliphatic carbocycles. The Morgan fingerprint density at radius 1 is 1.25 bits per heavy atom. The summed E-state index contributed by atoms with van der Waals surface area (Å²) >= 11 is 6.00. The molecule has 0 spiro atoms. The number of benzene rings is 1. The van der Waals surface area contributed by atoms with E-state index >= 15 is 0 Å². The van der Waals surface area contributed by atoms with Crippen LogP contribution in [0.3, 0.4) is 0 Å². The molecule has 0 aromatic heterocycles. The van der Waals surface area contributed by atoms with Crippen molar-refractivity contribution < 1.29 is 23.6 Å². The molecule has 1 aliphatic rings. The maximum Gasteiger partial charge on any atom is 0.462 e. The van der Waals surface area contributed by atoms with Gasteiger partial charge in [0.2, 0.25) is 5.91 Å². The zero-order valence-electron chi connectivity index (χ0n) is 17.6. The Hall–Kier alpha value is -1.28. The number of carbonyl (C=O) groups excluding carboxylic acids is 1. The Balaban J connectivity index is 2.15. The smallest absolute Gasteiger partial charge is 0.462 e. The van der Waals surface area contributed by atoms with Gasteiger partial charge in [-0.3, -0.25) is 4.79 Å². The molecule has 156 valence electrons. The summed E-state index contributed by atoms with van der Waals surface area (Å²) in [5.74, 6) is -0.538. The first kappa shape index (κ1) is 23.0. The van der Waals surface area contributed by atoms with Crippen molar-refractivity contribution in [3.05, 3.63) is 28.8 Å². The normalized spacial score (nSPS) is 20.0. The molecule has 2 atom stereocenters. The van der Waals surface area contributed by atoms with E-state index in [0.29, 0.717) is 18.1 Å². The van der Waals surface area contributed by atoms with Crippen LogP contribution in [0.25, 0.3) is 0 Å². The lowest BCUT2D eigenvalue weighted by atomic mass is 9.63. The molecule has 1 heterocycles. The van der Waals surface area contributed by atoms with Crippen LogP contribution in [-0.4, -0.2) is 44.6 Å². The Morgan fingerprint density at radius 2 is 1.86 bits per heavy atom. The monoisotopic (exact) mass is 411 g/mol. The minimum atomic E-state index is -0.576. The van der Waals surface area contributed by atoms with E-state index in [4.69, 9.17) is 36.1 Å². The lowest BCUT2D eigenvalue weighted by molar-refractivity contribution is -0.123. The van der Waals surface area contributed by atoms with Gasteiger partial charge in [-0.1, -0.05) is 11.6 Å². The number of rotatable bonds is 9. The zero-order valence-corrected chi connectivity index (χ0v) is 18.3. The van der Waals surface area contributed by atoms with Crippen molar-refractivity contribution in [3.63, 3.8) is 0 Å². The molecule has 1 aromatic rings. The van der Waals surface area contributed by atoms with Crippen LogP contribution in [0.4, 0.5) is 0 Å². The molecule has 1 aromatic carbocycles. The number of nitrogens with two attached hydrogens (primary N) is 1. The van der Waals surface area contributed by atoms with E-state index in [0.717, 1.165) is 11.3 Å². The second-order valence-electron chi connectivity index (χ2n) is 8.30. The highest BCUT2D eigenvalue weighted by Crippen LogP contribution is 2.43. The van der Waals surface area contributed by atoms with Gasteiger partial charge >= 0.3 is 7.12 Å². The first-order valence-corrected chi connectivity index (χ1v) is 9.89. The Kier molecular flexibility index (Phi) is 7.42. The standard InChI is InChI=1S/C20H31BClNO5/c1-13-11-14(22)7-8-17(13)26-10-9-16(15(12-25-6)18(23)24)21-27-19(2,3)20(4,5)28-21/h7-8,11,15-16H,9-10,12H2,1-6H3,(H2,23,24)/t15?,16-/m1/s1. The quantitative estimate of drug-likeness (QED) is 0.628. The Labute approximate surface area is 173 Å². The van der Waals surface area contributed by atoms with Gasteiger partial charge in [0.25, 0.3) is 0 Å². The highest BCUT2D eigenvalue weighted by molar-refractivity contribution is 6.48. The third-order valence-electron chi connectivity index (χ3n) is 5.70. The van der Waals surface area contributed by atoms with Crippen LogP contribution in [0.5, 0.6) is 5.75 Å². The first-order chi connectivity index (χ1) is 13.0. The van der Waals surface area contributed by atoms with Crippen LogP contribution in [0, 0.1) is 12.8 Å². The van der Waals surface area contributed by atoms with E-state index in [9.17, 15) is 4.79 Å². The van der Waals surface area contributed by atoms with Crippen molar-refractivity contribution in [3.8, 4) is 5.75 Å². The SMILES string of the molecule is COCC(C(N)=O)[C@@H](CCOc1ccc(Cl)cc1C)B1OC(C)(C)C(C)(C)O1. The number of hydrogen-bond acceptors (Lipinski definition) is 5. The number of hydrogen-bond donors (Lipinski definition) is 1. The van der Waals surface area contributed by atoms with E-state index in [1.807, 2.05) is 46.8 Å². The van der Waals surface area contributed by atoms with Crippen LogP contribution < -0.4 is 10.5 Å². The van der Waals surface area contributed by atoms with Gasteiger partial charge in [-0.15, -0.1) is 0 Å². The van der Waals surface area contributed by atoms with Crippen LogP contribution in [0.1, 0.15) is 39.7 Å². The van der Waals surface area contributed by atoms with Gasteiger partial charge in [0.15, 0.2) is 0 Å². The van der Waals surface area contributed by atoms with Crippen molar-refractivity contribution >= 4 is 24.6 Å². The van der Waals surface area contributed by atoms with E-state index in [-0.39, 0.29) is 12.4 Å². The van der Waals surface area contributed by atoms with E-state index in [1.54, 1.807) is 13.2 Å². The molecule has 1 amide bonds. The van der Waals surface area contributed by atoms with Crippen molar-refractivity contribution in [1.82, 2.24) is 0 Å². The molecule has 28 heavy (non-hydrogen) atoms. The van der Waals surface area contributed by atoms with Crippen LogP contribution in [0.2, 0.25) is 10.8 Å². The highest BCUT2D eigenvalue weighted by Gasteiger charge is 2.55. The van der Waals surface area contributed by atoms with Crippen LogP contribution in [0.15, 0.2) is 18.2 Å². The number of ether oxygens (including phenoxy) is 2. The maximum absolute atomic E-state index is 12.1. The molecule has 0 radical (unpaired) electrons. The summed E-state index contributed by atoms with van der Waals surface area (Å²) in [6.45, 7) is 10.4. The van der Waals surface area contributed by atoms with Gasteiger partial charge in [-0.05, 0) is 64.8 Å². The van der Waals surface area contributed by atoms with Crippen molar-refractivity contribution in [2.24, 2.45) is 11.7 Å². The van der Waals surface area contributed by atoms with Gasteiger partial charge < -0.3 is 24.5 Å². The summed E-state index contributed by atoms with van der Waals surface area (Å²) in [6, 6.07) is 5.47. The summed E-state index contributed by atoms with van der Waals surface area (Å²) in [7, 11) is 0.970. The van der Waals surface area contributed by atoms with E-state index in [1.165, 1.54) is 0 Å². The summed E-state index contributed by atoms with van der Waals surface area (Å²) in [5, 5.41) is 0.661. The summed E-state index contributed by atoms with van der Waals surface area (Å²) in [4.78, 5) is 12.1. The first-order valence-electron chi connectivity index (χ1n) is 9.51. The van der Waals surface area contributed by atoms with Crippen molar-refractivity contribution in [2.45, 2.75) is 58.1 Å².